The number of amides is 3. The zero-order chi connectivity index (χ0) is 29.9. The van der Waals surface area contributed by atoms with Crippen LogP contribution in [-0.2, 0) is 33.9 Å². The monoisotopic (exact) mass is 585 g/mol. The zero-order valence-corrected chi connectivity index (χ0v) is 24.1. The lowest BCUT2D eigenvalue weighted by Crippen LogP contribution is -2.57. The van der Waals surface area contributed by atoms with Crippen LogP contribution in [0.4, 0.5) is 0 Å². The second-order valence-corrected chi connectivity index (χ2v) is 11.5. The lowest BCUT2D eigenvalue weighted by atomic mass is 10.00. The number of nitrogens with one attached hydrogen (secondary N) is 4. The summed E-state index contributed by atoms with van der Waals surface area (Å²) in [4.78, 5) is 42.8. The normalized spacial score (nSPS) is 23.4. The number of hydrogen-bond donors (Lipinski definition) is 4. The minimum absolute atomic E-state index is 0.142. The van der Waals surface area contributed by atoms with Gasteiger partial charge in [-0.1, -0.05) is 49.4 Å². The van der Waals surface area contributed by atoms with Gasteiger partial charge in [0, 0.05) is 19.2 Å². The number of likely N-dealkylation sites (tertiary alicyclic amines) is 1. The van der Waals surface area contributed by atoms with E-state index in [2.05, 4.69) is 36.5 Å². The molecule has 6 rings (SSSR count). The van der Waals surface area contributed by atoms with Crippen LogP contribution in [0.25, 0.3) is 11.5 Å². The van der Waals surface area contributed by atoms with Crippen molar-refractivity contribution in [3.8, 4) is 11.5 Å². The number of H-pyrrole nitrogens is 1. The number of carbonyl (C=O) groups excluding carboxylic acids is 3. The van der Waals surface area contributed by atoms with Crippen molar-refractivity contribution in [1.29, 1.82) is 0 Å². The van der Waals surface area contributed by atoms with Crippen molar-refractivity contribution in [2.24, 2.45) is 5.92 Å². The Labute approximate surface area is 248 Å². The van der Waals surface area contributed by atoms with E-state index in [-0.39, 0.29) is 30.3 Å². The SMILES string of the molecule is CC(C)[C@@H]1NC(=O)[C@@H]2C[C@@H](CN2Cc2ccc(-c3ccn[nH]3)o2)n2cc(nn2)CNC(=O)[C@@H](Cc2ccccc2)NC1=O. The molecule has 0 unspecified atom stereocenters. The van der Waals surface area contributed by atoms with E-state index in [1.165, 1.54) is 0 Å². The summed E-state index contributed by atoms with van der Waals surface area (Å²) >= 11 is 0. The van der Waals surface area contributed by atoms with Crippen molar-refractivity contribution in [3.63, 3.8) is 0 Å². The third kappa shape index (κ3) is 6.36. The molecule has 1 saturated heterocycles. The number of nitrogens with zero attached hydrogens (tertiary/aromatic N) is 5. The third-order valence-corrected chi connectivity index (χ3v) is 8.01. The van der Waals surface area contributed by atoms with Gasteiger partial charge in [-0.25, -0.2) is 4.68 Å². The van der Waals surface area contributed by atoms with E-state index in [9.17, 15) is 14.4 Å². The maximum Gasteiger partial charge on any atom is 0.243 e. The van der Waals surface area contributed by atoms with Gasteiger partial charge in [-0.3, -0.25) is 24.4 Å². The Kier molecular flexibility index (Phi) is 8.05. The van der Waals surface area contributed by atoms with E-state index in [0.717, 1.165) is 11.3 Å². The number of aromatic amines is 1. The van der Waals surface area contributed by atoms with Crippen molar-refractivity contribution < 1.29 is 18.8 Å². The standard InChI is InChI=1S/C30H35N9O4/c1-18(2)27-30(42)33-24(12-19-6-4-3-5-7-19)28(40)31-14-20-15-39(37-35-20)21-13-25(29(41)34-27)38(16-21)17-22-8-9-26(43-22)23-10-11-32-36-23/h3-11,15,18,21,24-25,27H,12-14,16-17H2,1-2H3,(H,31,40)(H,32,36)(H,33,42)(H,34,41)/t21-,24+,25-,27-/m0/s1. The molecule has 0 radical (unpaired) electrons. The van der Waals surface area contributed by atoms with Crippen molar-refractivity contribution in [1.82, 2.24) is 46.0 Å². The topological polar surface area (TPSA) is 163 Å². The Morgan fingerprint density at radius 2 is 1.84 bits per heavy atom. The zero-order valence-electron chi connectivity index (χ0n) is 24.1. The van der Waals surface area contributed by atoms with Crippen LogP contribution in [0.15, 0.2) is 65.3 Å². The maximum absolute atomic E-state index is 13.9. The van der Waals surface area contributed by atoms with E-state index in [1.807, 2.05) is 67.3 Å². The van der Waals surface area contributed by atoms with Crippen LogP contribution in [0.1, 0.15) is 43.3 Å². The van der Waals surface area contributed by atoms with Crippen molar-refractivity contribution in [3.05, 3.63) is 77.9 Å². The first-order valence-corrected chi connectivity index (χ1v) is 14.5. The first-order valence-electron chi connectivity index (χ1n) is 14.5. The minimum atomic E-state index is -0.843. The van der Waals surface area contributed by atoms with E-state index in [1.54, 1.807) is 17.1 Å². The number of furan rings is 1. The van der Waals surface area contributed by atoms with Crippen LogP contribution >= 0.6 is 0 Å². The molecule has 3 aromatic heterocycles. The van der Waals surface area contributed by atoms with Gasteiger partial charge in [0.25, 0.3) is 0 Å². The Morgan fingerprint density at radius 3 is 2.60 bits per heavy atom. The predicted molar refractivity (Wildman–Crippen MR) is 155 cm³/mol. The van der Waals surface area contributed by atoms with Crippen LogP contribution in [-0.4, -0.2) is 72.5 Å². The molecular formula is C30H35N9O4. The average Bonchev–Trinajstić information content (AvgIpc) is 3.81. The predicted octanol–water partition coefficient (Wildman–Crippen LogP) is 1.57. The fourth-order valence-electron chi connectivity index (χ4n) is 5.70. The van der Waals surface area contributed by atoms with Crippen LogP contribution in [0.5, 0.6) is 0 Å². The highest BCUT2D eigenvalue weighted by Crippen LogP contribution is 2.30. The molecule has 43 heavy (non-hydrogen) atoms. The summed E-state index contributed by atoms with van der Waals surface area (Å²) in [5, 5.41) is 24.3. The van der Waals surface area contributed by atoms with E-state index in [0.29, 0.717) is 43.1 Å². The number of fused-ring (bicyclic) bond motifs is 5. The molecule has 4 N–H and O–H groups in total. The van der Waals surface area contributed by atoms with Gasteiger partial charge >= 0.3 is 0 Å². The highest BCUT2D eigenvalue weighted by Gasteiger charge is 2.40. The highest BCUT2D eigenvalue weighted by atomic mass is 16.3. The number of hydrogen-bond acceptors (Lipinski definition) is 8. The van der Waals surface area contributed by atoms with E-state index >= 15 is 0 Å². The molecule has 0 spiro atoms. The lowest BCUT2D eigenvalue weighted by Gasteiger charge is -2.28. The summed E-state index contributed by atoms with van der Waals surface area (Å²) in [6.45, 7) is 4.81. The second kappa shape index (κ2) is 12.2. The molecule has 2 aliphatic rings. The maximum atomic E-state index is 13.9. The molecule has 224 valence electrons. The largest absolute Gasteiger partial charge is 0.458 e. The number of rotatable bonds is 6. The molecule has 0 saturated carbocycles. The summed E-state index contributed by atoms with van der Waals surface area (Å²) in [5.74, 6) is 0.122. The van der Waals surface area contributed by atoms with Gasteiger partial charge in [0.2, 0.25) is 17.7 Å². The molecule has 1 aromatic carbocycles. The molecule has 4 aromatic rings. The van der Waals surface area contributed by atoms with Gasteiger partial charge in [-0.2, -0.15) is 5.10 Å². The Morgan fingerprint density at radius 1 is 1.00 bits per heavy atom. The summed E-state index contributed by atoms with van der Waals surface area (Å²) in [5.41, 5.74) is 2.25. The van der Waals surface area contributed by atoms with Gasteiger partial charge in [0.05, 0.1) is 31.4 Å². The summed E-state index contributed by atoms with van der Waals surface area (Å²) in [6.07, 6.45) is 4.23. The third-order valence-electron chi connectivity index (χ3n) is 8.01. The summed E-state index contributed by atoms with van der Waals surface area (Å²) in [7, 11) is 0. The Hall–Kier alpha value is -4.78. The first-order chi connectivity index (χ1) is 20.8. The minimum Gasteiger partial charge on any atom is -0.458 e. The molecule has 4 atom stereocenters. The molecule has 1 fully saturated rings. The molecule has 13 heteroatoms. The number of aromatic nitrogens is 5. The van der Waals surface area contributed by atoms with Crippen molar-refractivity contribution >= 4 is 17.7 Å². The van der Waals surface area contributed by atoms with Crippen LogP contribution in [0.2, 0.25) is 0 Å². The lowest BCUT2D eigenvalue weighted by molar-refractivity contribution is -0.134. The van der Waals surface area contributed by atoms with Crippen LogP contribution in [0, 0.1) is 5.92 Å². The van der Waals surface area contributed by atoms with Gasteiger partial charge in [-0.15, -0.1) is 5.10 Å². The van der Waals surface area contributed by atoms with E-state index < -0.39 is 24.0 Å². The summed E-state index contributed by atoms with van der Waals surface area (Å²) < 4.78 is 7.82. The van der Waals surface area contributed by atoms with Gasteiger partial charge in [-0.05, 0) is 36.1 Å². The molecule has 2 aliphatic heterocycles. The van der Waals surface area contributed by atoms with Crippen molar-refractivity contribution in [2.75, 3.05) is 6.54 Å². The van der Waals surface area contributed by atoms with Gasteiger partial charge in [0.15, 0.2) is 5.76 Å². The van der Waals surface area contributed by atoms with Gasteiger partial charge in [0.1, 0.15) is 29.2 Å². The molecule has 3 amide bonds. The second-order valence-electron chi connectivity index (χ2n) is 11.5. The fourth-order valence-corrected chi connectivity index (χ4v) is 5.70. The quantitative estimate of drug-likeness (QED) is 0.265. The Balaban J connectivity index is 1.27. The highest BCUT2D eigenvalue weighted by molar-refractivity contribution is 5.93. The average molecular weight is 586 g/mol. The number of benzene rings is 1. The molecular weight excluding hydrogens is 550 g/mol. The molecule has 13 nitrogen and oxygen atoms in total. The van der Waals surface area contributed by atoms with Crippen LogP contribution in [0.3, 0.4) is 0 Å². The van der Waals surface area contributed by atoms with Gasteiger partial charge < -0.3 is 20.4 Å². The fraction of sp³-hybridized carbons (Fsp3) is 0.400. The van der Waals surface area contributed by atoms with Crippen LogP contribution < -0.4 is 16.0 Å². The van der Waals surface area contributed by atoms with E-state index in [4.69, 9.17) is 4.42 Å². The number of carbonyl (C=O) groups is 3. The summed E-state index contributed by atoms with van der Waals surface area (Å²) in [6, 6.07) is 12.7. The first kappa shape index (κ1) is 28.3. The molecule has 4 bridgehead atoms. The van der Waals surface area contributed by atoms with Crippen molar-refractivity contribution in [2.45, 2.75) is 63.9 Å². The Bertz CT molecular complexity index is 1560. The smallest absolute Gasteiger partial charge is 0.243 e. The molecule has 0 aliphatic carbocycles. The molecule has 5 heterocycles.